The van der Waals surface area contributed by atoms with Crippen LogP contribution in [0.3, 0.4) is 0 Å². The van der Waals surface area contributed by atoms with Gasteiger partial charge in [-0.3, -0.25) is 14.2 Å². The number of anilines is 1. The Morgan fingerprint density at radius 2 is 2.17 bits per heavy atom. The Morgan fingerprint density at radius 3 is 2.89 bits per heavy atom. The van der Waals surface area contributed by atoms with Crippen LogP contribution in [0.25, 0.3) is 11.2 Å². The molecule has 12 heteroatoms. The third kappa shape index (κ3) is 4.85. The van der Waals surface area contributed by atoms with Gasteiger partial charge in [0.05, 0.1) is 20.0 Å². The van der Waals surface area contributed by atoms with Gasteiger partial charge < -0.3 is 25.4 Å². The smallest absolute Gasteiger partial charge is 0.254 e. The summed E-state index contributed by atoms with van der Waals surface area (Å²) in [6, 6.07) is 3.98. The fourth-order valence-corrected chi connectivity index (χ4v) is 3.71. The highest BCUT2D eigenvalue weighted by Crippen LogP contribution is 2.31. The number of nitrogens with zero attached hydrogens (tertiary/aromatic N) is 5. The van der Waals surface area contributed by atoms with E-state index in [9.17, 15) is 14.0 Å². The van der Waals surface area contributed by atoms with Crippen LogP contribution in [0.2, 0.25) is 0 Å². The predicted octanol–water partition coefficient (Wildman–Crippen LogP) is 1.10. The van der Waals surface area contributed by atoms with Crippen LogP contribution in [-0.2, 0) is 9.53 Å². The maximum Gasteiger partial charge on any atom is 0.254 e. The Labute approximate surface area is 200 Å². The predicted molar refractivity (Wildman–Crippen MR) is 124 cm³/mol. The first-order valence-corrected chi connectivity index (χ1v) is 10.8. The molecule has 1 saturated heterocycles. The van der Waals surface area contributed by atoms with Crippen molar-refractivity contribution < 1.29 is 23.5 Å². The number of rotatable bonds is 5. The summed E-state index contributed by atoms with van der Waals surface area (Å²) in [5.74, 6) is 4.77. The summed E-state index contributed by atoms with van der Waals surface area (Å²) in [7, 11) is 4.46. The highest BCUT2D eigenvalue weighted by Gasteiger charge is 2.32. The van der Waals surface area contributed by atoms with Gasteiger partial charge in [0, 0.05) is 19.7 Å². The molecule has 35 heavy (non-hydrogen) atoms. The van der Waals surface area contributed by atoms with Gasteiger partial charge in [0.25, 0.3) is 5.91 Å². The van der Waals surface area contributed by atoms with E-state index in [1.165, 1.54) is 24.1 Å². The van der Waals surface area contributed by atoms with Gasteiger partial charge in [0.2, 0.25) is 11.7 Å². The maximum absolute atomic E-state index is 13.9. The highest BCUT2D eigenvalue weighted by atomic mass is 19.1. The Hall–Kier alpha value is -4.24. The van der Waals surface area contributed by atoms with Crippen molar-refractivity contribution in [2.45, 2.75) is 25.2 Å². The van der Waals surface area contributed by atoms with E-state index >= 15 is 0 Å². The van der Waals surface area contributed by atoms with Crippen LogP contribution in [-0.4, -0.2) is 70.1 Å². The number of benzene rings is 1. The van der Waals surface area contributed by atoms with Crippen molar-refractivity contribution in [3.63, 3.8) is 0 Å². The highest BCUT2D eigenvalue weighted by molar-refractivity contribution is 5.94. The zero-order valence-corrected chi connectivity index (χ0v) is 19.4. The van der Waals surface area contributed by atoms with Crippen molar-refractivity contribution in [3.8, 4) is 17.6 Å². The molecule has 0 radical (unpaired) electrons. The van der Waals surface area contributed by atoms with Gasteiger partial charge in [-0.25, -0.2) is 19.3 Å². The number of hydrogen-bond donors (Lipinski definition) is 2. The average Bonchev–Trinajstić information content (AvgIpc) is 3.50. The fraction of sp³-hybridized carbons (Fsp3) is 0.348. The SMILES string of the molecule is CNC(=O)[C@@H]1CC[C@H](n2cnc3c(N)nc(C#CCN(C)C(=O)c4ccc(OC)c(F)c4)nc32)O1. The van der Waals surface area contributed by atoms with Crippen LogP contribution in [0.5, 0.6) is 5.75 Å². The van der Waals surface area contributed by atoms with Crippen LogP contribution < -0.4 is 15.8 Å². The molecule has 0 aliphatic carbocycles. The second kappa shape index (κ2) is 9.94. The molecule has 0 unspecified atom stereocenters. The lowest BCUT2D eigenvalue weighted by Gasteiger charge is -2.14. The topological polar surface area (TPSA) is 137 Å². The number of likely N-dealkylation sites (N-methyl/N-ethyl adjacent to an activating group) is 1. The molecule has 0 spiro atoms. The number of nitrogen functional groups attached to an aromatic ring is 1. The Kier molecular flexibility index (Phi) is 6.79. The van der Waals surface area contributed by atoms with Gasteiger partial charge >= 0.3 is 0 Å². The minimum Gasteiger partial charge on any atom is -0.494 e. The molecule has 1 aliphatic rings. The number of aromatic nitrogens is 4. The number of fused-ring (bicyclic) bond motifs is 1. The second-order valence-electron chi connectivity index (χ2n) is 7.84. The standard InChI is InChI=1S/C23H24FN7O4/c1-26-22(32)16-8-9-18(35-16)31-12-27-19-20(25)28-17(29-21(19)31)5-4-10-30(2)23(33)13-6-7-15(34-3)14(24)11-13/h6-7,11-12,16,18H,8-10H2,1-3H3,(H,26,32)(H2,25,28,29)/t16-,18+/m0/s1. The third-order valence-electron chi connectivity index (χ3n) is 5.56. The average molecular weight is 481 g/mol. The van der Waals surface area contributed by atoms with Crippen molar-refractivity contribution in [1.82, 2.24) is 29.7 Å². The van der Waals surface area contributed by atoms with Crippen LogP contribution in [0, 0.1) is 17.7 Å². The summed E-state index contributed by atoms with van der Waals surface area (Å²) in [6.07, 6.45) is 1.74. The molecule has 2 amide bonds. The maximum atomic E-state index is 13.9. The quantitative estimate of drug-likeness (QED) is 0.517. The first-order chi connectivity index (χ1) is 16.8. The summed E-state index contributed by atoms with van der Waals surface area (Å²) in [5, 5.41) is 2.58. The summed E-state index contributed by atoms with van der Waals surface area (Å²) in [5.41, 5.74) is 7.05. The fourth-order valence-electron chi connectivity index (χ4n) is 3.71. The lowest BCUT2D eigenvalue weighted by Crippen LogP contribution is -2.31. The minimum atomic E-state index is -0.625. The number of carbonyl (C=O) groups is 2. The van der Waals surface area contributed by atoms with E-state index in [1.54, 1.807) is 25.0 Å². The molecule has 182 valence electrons. The van der Waals surface area contributed by atoms with Crippen molar-refractivity contribution >= 4 is 28.8 Å². The van der Waals surface area contributed by atoms with Crippen LogP contribution >= 0.6 is 0 Å². The van der Waals surface area contributed by atoms with Gasteiger partial charge in [-0.2, -0.15) is 0 Å². The molecular weight excluding hydrogens is 457 g/mol. The monoisotopic (exact) mass is 481 g/mol. The number of halogens is 1. The Bertz CT molecular complexity index is 1350. The molecule has 1 fully saturated rings. The minimum absolute atomic E-state index is 0.0482. The lowest BCUT2D eigenvalue weighted by atomic mass is 10.2. The Balaban J connectivity index is 1.50. The number of imidazole rings is 1. The van der Waals surface area contributed by atoms with Gasteiger partial charge in [-0.1, -0.05) is 5.92 Å². The molecule has 3 aromatic rings. The molecule has 0 bridgehead atoms. The number of carbonyl (C=O) groups excluding carboxylic acids is 2. The summed E-state index contributed by atoms with van der Waals surface area (Å²) < 4.78 is 26.3. The number of hydrogen-bond acceptors (Lipinski definition) is 8. The van der Waals surface area contributed by atoms with Crippen LogP contribution in [0.15, 0.2) is 24.5 Å². The number of amides is 2. The molecule has 3 N–H and O–H groups in total. The van der Waals surface area contributed by atoms with E-state index in [0.29, 0.717) is 24.0 Å². The number of nitrogens with one attached hydrogen (secondary N) is 1. The van der Waals surface area contributed by atoms with Crippen LogP contribution in [0.4, 0.5) is 10.2 Å². The van der Waals surface area contributed by atoms with Crippen molar-refractivity contribution in [3.05, 3.63) is 41.7 Å². The zero-order chi connectivity index (χ0) is 25.1. The normalized spacial score (nSPS) is 17.0. The van der Waals surface area contributed by atoms with Crippen molar-refractivity contribution in [2.75, 3.05) is 33.5 Å². The van der Waals surface area contributed by atoms with E-state index in [0.717, 1.165) is 6.07 Å². The first-order valence-electron chi connectivity index (χ1n) is 10.8. The molecule has 2 atom stereocenters. The third-order valence-corrected chi connectivity index (χ3v) is 5.56. The van der Waals surface area contributed by atoms with E-state index in [1.807, 2.05) is 0 Å². The van der Waals surface area contributed by atoms with E-state index in [4.69, 9.17) is 15.2 Å². The van der Waals surface area contributed by atoms with E-state index in [2.05, 4.69) is 32.1 Å². The van der Waals surface area contributed by atoms with E-state index in [-0.39, 0.29) is 35.4 Å². The molecule has 0 saturated carbocycles. The molecule has 11 nitrogen and oxygen atoms in total. The number of methoxy groups -OCH3 is 1. The van der Waals surface area contributed by atoms with Crippen molar-refractivity contribution in [2.24, 2.45) is 0 Å². The molecular formula is C23H24FN7O4. The molecule has 1 aromatic carbocycles. The molecule has 2 aromatic heterocycles. The van der Waals surface area contributed by atoms with Gasteiger partial charge in [0.1, 0.15) is 17.8 Å². The van der Waals surface area contributed by atoms with Crippen LogP contribution in [0.1, 0.15) is 35.3 Å². The number of ether oxygens (including phenoxy) is 2. The van der Waals surface area contributed by atoms with Crippen molar-refractivity contribution in [1.29, 1.82) is 0 Å². The lowest BCUT2D eigenvalue weighted by molar-refractivity contribution is -0.133. The first kappa shape index (κ1) is 23.9. The van der Waals surface area contributed by atoms with Gasteiger partial charge in [-0.15, -0.1) is 0 Å². The van der Waals surface area contributed by atoms with Gasteiger partial charge in [-0.05, 0) is 37.0 Å². The molecule has 1 aliphatic heterocycles. The summed E-state index contributed by atoms with van der Waals surface area (Å²) >= 11 is 0. The van der Waals surface area contributed by atoms with Gasteiger partial charge in [0.15, 0.2) is 23.0 Å². The Morgan fingerprint density at radius 1 is 1.37 bits per heavy atom. The number of nitrogens with two attached hydrogens (primary N) is 1. The van der Waals surface area contributed by atoms with E-state index < -0.39 is 24.1 Å². The summed E-state index contributed by atoms with van der Waals surface area (Å²) in [6.45, 7) is 0.0482. The summed E-state index contributed by atoms with van der Waals surface area (Å²) in [4.78, 5) is 38.7. The molecule has 4 rings (SSSR count). The second-order valence-corrected chi connectivity index (χ2v) is 7.84. The molecule has 3 heterocycles. The zero-order valence-electron chi connectivity index (χ0n) is 19.4. The largest absolute Gasteiger partial charge is 0.494 e.